The zero-order valence-corrected chi connectivity index (χ0v) is 8.18. The van der Waals surface area contributed by atoms with E-state index in [1.165, 1.54) is 19.0 Å². The summed E-state index contributed by atoms with van der Waals surface area (Å²) < 4.78 is 8.19. The molecular weight excluding hydrogens is 142 g/mol. The van der Waals surface area contributed by atoms with Gasteiger partial charge in [0, 0.05) is 6.61 Å². The maximum atomic E-state index is 5.77. The van der Waals surface area contributed by atoms with E-state index < -0.39 is 8.48 Å². The van der Waals surface area contributed by atoms with Gasteiger partial charge in [0.25, 0.3) is 8.48 Å². The van der Waals surface area contributed by atoms with Crippen molar-refractivity contribution in [1.29, 1.82) is 0 Å². The van der Waals surface area contributed by atoms with Crippen LogP contribution in [0.25, 0.3) is 0 Å². The summed E-state index contributed by atoms with van der Waals surface area (Å²) in [4.78, 5) is 0. The fraction of sp³-hybridized carbons (Fsp3) is 1.00. The van der Waals surface area contributed by atoms with Crippen molar-refractivity contribution >= 4 is 8.48 Å². The maximum absolute atomic E-state index is 5.77. The van der Waals surface area contributed by atoms with Crippen LogP contribution in [0.5, 0.6) is 0 Å². The minimum absolute atomic E-state index is 0.882. The summed E-state index contributed by atoms with van der Waals surface area (Å²) >= 11 is 0. The summed E-state index contributed by atoms with van der Waals surface area (Å²) in [6, 6.07) is 1.32. The second kappa shape index (κ2) is 3.03. The van der Waals surface area contributed by atoms with Gasteiger partial charge in [0.15, 0.2) is 0 Å². The van der Waals surface area contributed by atoms with Gasteiger partial charge in [-0.15, -0.1) is 0 Å². The summed E-state index contributed by atoms with van der Waals surface area (Å²) in [5.74, 6) is 0. The average Bonchev–Trinajstić information content (AvgIpc) is 2.15. The molecule has 1 atom stereocenters. The van der Waals surface area contributed by atoms with Crippen molar-refractivity contribution in [1.82, 2.24) is 4.57 Å². The molecule has 0 aromatic carbocycles. The summed E-state index contributed by atoms with van der Waals surface area (Å²) in [6.07, 6.45) is 1.33. The lowest BCUT2D eigenvalue weighted by molar-refractivity contribution is 0.285. The molecule has 1 saturated heterocycles. The van der Waals surface area contributed by atoms with E-state index in [0.717, 1.165) is 6.61 Å². The van der Waals surface area contributed by atoms with Gasteiger partial charge >= 0.3 is 0 Å². The summed E-state index contributed by atoms with van der Waals surface area (Å²) in [7, 11) is 0.833. The quantitative estimate of drug-likeness (QED) is 0.565. The molecule has 0 spiro atoms. The second-order valence-corrected chi connectivity index (χ2v) is 7.04. The Morgan fingerprint density at radius 2 is 2.30 bits per heavy atom. The van der Waals surface area contributed by atoms with E-state index in [1.807, 2.05) is 0 Å². The Kier molecular flexibility index (Phi) is 2.49. The molecule has 0 aromatic rings. The molecular formula is C7H17NOSi. The van der Waals surface area contributed by atoms with Crippen LogP contribution in [0, 0.1) is 0 Å². The first kappa shape index (κ1) is 8.24. The molecule has 1 aliphatic rings. The molecule has 0 saturated carbocycles. The van der Waals surface area contributed by atoms with Gasteiger partial charge in [-0.3, -0.25) is 0 Å². The molecule has 0 radical (unpaired) electrons. The first-order valence-electron chi connectivity index (χ1n) is 4.04. The van der Waals surface area contributed by atoms with Gasteiger partial charge in [0.05, 0.1) is 0 Å². The molecule has 0 bridgehead atoms. The third kappa shape index (κ3) is 1.41. The van der Waals surface area contributed by atoms with Gasteiger partial charge in [-0.1, -0.05) is 0 Å². The first-order valence-corrected chi connectivity index (χ1v) is 6.60. The van der Waals surface area contributed by atoms with Gasteiger partial charge in [-0.25, -0.2) is 0 Å². The first-order chi connectivity index (χ1) is 4.69. The van der Waals surface area contributed by atoms with E-state index in [1.54, 1.807) is 0 Å². The van der Waals surface area contributed by atoms with E-state index >= 15 is 0 Å². The molecule has 1 aliphatic heterocycles. The van der Waals surface area contributed by atoms with Crippen LogP contribution in [0.2, 0.25) is 12.6 Å². The maximum Gasteiger partial charge on any atom is 0.268 e. The smallest absolute Gasteiger partial charge is 0.268 e. The van der Waals surface area contributed by atoms with Crippen molar-refractivity contribution in [3.8, 4) is 0 Å². The summed E-state index contributed by atoms with van der Waals surface area (Å²) in [6.45, 7) is 6.52. The standard InChI is InChI=1S/C7H17NOSi/c1-4-9-10(3)7-5-6-8(10)2/h4-7H2,1-3H3. The van der Waals surface area contributed by atoms with Gasteiger partial charge < -0.3 is 8.99 Å². The normalized spacial score (nSPS) is 35.1. The highest BCUT2D eigenvalue weighted by atomic mass is 28.4. The van der Waals surface area contributed by atoms with E-state index in [4.69, 9.17) is 4.43 Å². The number of nitrogens with zero attached hydrogens (tertiary/aromatic N) is 1. The zero-order valence-electron chi connectivity index (χ0n) is 7.18. The lowest BCUT2D eigenvalue weighted by atomic mass is 10.5. The van der Waals surface area contributed by atoms with Crippen LogP contribution < -0.4 is 0 Å². The van der Waals surface area contributed by atoms with Crippen molar-refractivity contribution in [3.05, 3.63) is 0 Å². The van der Waals surface area contributed by atoms with E-state index in [2.05, 4.69) is 25.1 Å². The van der Waals surface area contributed by atoms with Crippen molar-refractivity contribution in [3.63, 3.8) is 0 Å². The number of hydrogen-bond acceptors (Lipinski definition) is 2. The zero-order chi connectivity index (χ0) is 7.61. The Balaban J connectivity index is 2.48. The van der Waals surface area contributed by atoms with Crippen LogP contribution in [0.1, 0.15) is 13.3 Å². The average molecular weight is 159 g/mol. The minimum Gasteiger partial charge on any atom is -0.403 e. The van der Waals surface area contributed by atoms with E-state index in [-0.39, 0.29) is 0 Å². The molecule has 1 rings (SSSR count). The Morgan fingerprint density at radius 3 is 2.70 bits per heavy atom. The van der Waals surface area contributed by atoms with Gasteiger partial charge in [0.1, 0.15) is 0 Å². The molecule has 0 amide bonds. The second-order valence-electron chi connectivity index (χ2n) is 3.13. The Labute approximate surface area is 64.4 Å². The minimum atomic E-state index is -1.36. The van der Waals surface area contributed by atoms with E-state index in [9.17, 15) is 0 Å². The Hall–Kier alpha value is 0.137. The third-order valence-corrected chi connectivity index (χ3v) is 6.43. The van der Waals surface area contributed by atoms with Gasteiger partial charge in [-0.05, 0) is 39.5 Å². The fourth-order valence-corrected chi connectivity index (χ4v) is 4.38. The van der Waals surface area contributed by atoms with Crippen molar-refractivity contribution in [2.45, 2.75) is 25.9 Å². The molecule has 0 aromatic heterocycles. The molecule has 3 heteroatoms. The largest absolute Gasteiger partial charge is 0.403 e. The summed E-state index contributed by atoms with van der Waals surface area (Å²) in [5, 5.41) is 0. The molecule has 0 aliphatic carbocycles. The molecule has 1 unspecified atom stereocenters. The van der Waals surface area contributed by atoms with E-state index in [0.29, 0.717) is 0 Å². The number of hydrogen-bond donors (Lipinski definition) is 0. The van der Waals surface area contributed by atoms with Crippen LogP contribution in [-0.2, 0) is 4.43 Å². The van der Waals surface area contributed by atoms with Crippen molar-refractivity contribution in [2.24, 2.45) is 0 Å². The van der Waals surface area contributed by atoms with Crippen LogP contribution in [-0.4, -0.2) is 33.2 Å². The van der Waals surface area contributed by atoms with Crippen molar-refractivity contribution < 1.29 is 4.43 Å². The monoisotopic (exact) mass is 159 g/mol. The van der Waals surface area contributed by atoms with Crippen LogP contribution in [0.3, 0.4) is 0 Å². The van der Waals surface area contributed by atoms with Gasteiger partial charge in [0.2, 0.25) is 0 Å². The predicted molar refractivity (Wildman–Crippen MR) is 45.3 cm³/mol. The third-order valence-electron chi connectivity index (χ3n) is 2.40. The van der Waals surface area contributed by atoms with Crippen LogP contribution in [0.4, 0.5) is 0 Å². The summed E-state index contributed by atoms with van der Waals surface area (Å²) in [5.41, 5.74) is 0. The highest BCUT2D eigenvalue weighted by Gasteiger charge is 2.38. The lowest BCUT2D eigenvalue weighted by Crippen LogP contribution is -2.46. The molecule has 10 heavy (non-hydrogen) atoms. The molecule has 2 nitrogen and oxygen atoms in total. The fourth-order valence-electron chi connectivity index (χ4n) is 1.56. The Bertz CT molecular complexity index is 120. The lowest BCUT2D eigenvalue weighted by Gasteiger charge is -2.28. The highest BCUT2D eigenvalue weighted by molar-refractivity contribution is 6.70. The molecule has 1 fully saturated rings. The van der Waals surface area contributed by atoms with Crippen molar-refractivity contribution in [2.75, 3.05) is 20.2 Å². The van der Waals surface area contributed by atoms with Gasteiger partial charge in [-0.2, -0.15) is 0 Å². The Morgan fingerprint density at radius 1 is 1.60 bits per heavy atom. The molecule has 60 valence electrons. The SMILES string of the molecule is CCO[Si]1(C)CCCN1C. The molecule has 1 heterocycles. The van der Waals surface area contributed by atoms with Crippen LogP contribution in [0.15, 0.2) is 0 Å². The van der Waals surface area contributed by atoms with Crippen LogP contribution >= 0.6 is 0 Å². The number of rotatable bonds is 2. The molecule has 0 N–H and O–H groups in total. The predicted octanol–water partition coefficient (Wildman–Crippen LogP) is 1.43. The highest BCUT2D eigenvalue weighted by Crippen LogP contribution is 2.24. The topological polar surface area (TPSA) is 12.5 Å².